The van der Waals surface area contributed by atoms with Gasteiger partial charge in [-0.1, -0.05) is 32.4 Å². The van der Waals surface area contributed by atoms with Crippen molar-refractivity contribution in [1.29, 1.82) is 0 Å². The van der Waals surface area contributed by atoms with Gasteiger partial charge in [-0.3, -0.25) is 9.48 Å². The van der Waals surface area contributed by atoms with E-state index in [9.17, 15) is 9.18 Å². The van der Waals surface area contributed by atoms with Gasteiger partial charge < -0.3 is 10.5 Å². The first-order chi connectivity index (χ1) is 11.1. The molecule has 0 amide bonds. The van der Waals surface area contributed by atoms with Crippen LogP contribution < -0.4 is 10.5 Å². The third kappa shape index (κ3) is 5.23. The summed E-state index contributed by atoms with van der Waals surface area (Å²) in [6, 6.07) is 4.60. The molecule has 0 aliphatic carbocycles. The maximum Gasteiger partial charge on any atom is 0.274 e. The van der Waals surface area contributed by atoms with Gasteiger partial charge in [0.25, 0.3) is 5.88 Å². The Labute approximate surface area is 145 Å². The molecule has 2 aromatic rings. The maximum absolute atomic E-state index is 13.9. The van der Waals surface area contributed by atoms with E-state index in [1.165, 1.54) is 10.7 Å². The predicted octanol–water partition coefficient (Wildman–Crippen LogP) is 4.45. The number of Topliss-reactive ketones (excluding diaryl/α,β-unsaturated/α-hetero) is 1. The van der Waals surface area contributed by atoms with E-state index in [4.69, 9.17) is 22.1 Å². The number of ketones is 1. The lowest BCUT2D eigenvalue weighted by Gasteiger charge is -2.16. The second-order valence-corrected chi connectivity index (χ2v) is 7.27. The minimum atomic E-state index is -0.647. The average molecular weight is 354 g/mol. The summed E-state index contributed by atoms with van der Waals surface area (Å²) in [7, 11) is 0. The lowest BCUT2D eigenvalue weighted by molar-refractivity contribution is -0.120. The van der Waals surface area contributed by atoms with Crippen LogP contribution in [0.3, 0.4) is 0 Å². The van der Waals surface area contributed by atoms with E-state index >= 15 is 0 Å². The molecule has 1 aromatic heterocycles. The number of anilines is 1. The molecule has 7 heteroatoms. The standard InChI is InChI=1S/C17H21ClFN3O2/c1-17(2,3)7-6-11(23)9-22-10-14(19)16(21-22)24-12-4-5-15(20)13(18)8-12/h4-5,8,10H,6-7,9,20H2,1-3H3. The highest BCUT2D eigenvalue weighted by molar-refractivity contribution is 6.33. The molecule has 0 radical (unpaired) electrons. The monoisotopic (exact) mass is 353 g/mol. The van der Waals surface area contributed by atoms with Crippen LogP contribution in [0.1, 0.15) is 33.6 Å². The van der Waals surface area contributed by atoms with Crippen LogP contribution in [0.2, 0.25) is 5.02 Å². The molecule has 1 aromatic carbocycles. The van der Waals surface area contributed by atoms with E-state index in [0.29, 0.717) is 22.9 Å². The number of aromatic nitrogens is 2. The van der Waals surface area contributed by atoms with E-state index in [1.54, 1.807) is 12.1 Å². The van der Waals surface area contributed by atoms with Crippen molar-refractivity contribution in [1.82, 2.24) is 9.78 Å². The number of benzene rings is 1. The van der Waals surface area contributed by atoms with Crippen molar-refractivity contribution in [2.45, 2.75) is 40.2 Å². The Bertz CT molecular complexity index is 738. The normalized spacial score (nSPS) is 11.5. The molecule has 0 aliphatic heterocycles. The summed E-state index contributed by atoms with van der Waals surface area (Å²) in [4.78, 5) is 12.0. The molecular weight excluding hydrogens is 333 g/mol. The summed E-state index contributed by atoms with van der Waals surface area (Å²) in [6.45, 7) is 6.21. The molecule has 0 saturated heterocycles. The van der Waals surface area contributed by atoms with Crippen molar-refractivity contribution in [2.75, 3.05) is 5.73 Å². The van der Waals surface area contributed by atoms with Gasteiger partial charge in [0, 0.05) is 12.5 Å². The minimum absolute atomic E-state index is 0.00509. The average Bonchev–Trinajstić information content (AvgIpc) is 2.80. The Kier molecular flexibility index (Phi) is 5.49. The van der Waals surface area contributed by atoms with Gasteiger partial charge >= 0.3 is 0 Å². The Morgan fingerprint density at radius 3 is 2.75 bits per heavy atom. The molecule has 0 aliphatic rings. The smallest absolute Gasteiger partial charge is 0.274 e. The maximum atomic E-state index is 13.9. The lowest BCUT2D eigenvalue weighted by Crippen LogP contribution is -2.14. The summed E-state index contributed by atoms with van der Waals surface area (Å²) in [5.41, 5.74) is 6.09. The van der Waals surface area contributed by atoms with Gasteiger partial charge in [-0.25, -0.2) is 0 Å². The molecule has 24 heavy (non-hydrogen) atoms. The van der Waals surface area contributed by atoms with Crippen LogP contribution in [0.4, 0.5) is 10.1 Å². The molecule has 0 saturated carbocycles. The van der Waals surface area contributed by atoms with E-state index in [-0.39, 0.29) is 23.6 Å². The number of hydrogen-bond donors (Lipinski definition) is 1. The van der Waals surface area contributed by atoms with Crippen LogP contribution in [-0.2, 0) is 11.3 Å². The number of nitrogen functional groups attached to an aromatic ring is 1. The Hall–Kier alpha value is -2.08. The van der Waals surface area contributed by atoms with E-state index in [2.05, 4.69) is 25.9 Å². The molecule has 0 atom stereocenters. The zero-order valence-corrected chi connectivity index (χ0v) is 14.7. The number of ether oxygens (including phenoxy) is 1. The highest BCUT2D eigenvalue weighted by atomic mass is 35.5. The van der Waals surface area contributed by atoms with Crippen LogP contribution in [0.25, 0.3) is 0 Å². The predicted molar refractivity (Wildman–Crippen MR) is 91.8 cm³/mol. The number of nitrogens with two attached hydrogens (primary N) is 1. The number of halogens is 2. The Morgan fingerprint density at radius 1 is 1.42 bits per heavy atom. The van der Waals surface area contributed by atoms with Gasteiger partial charge in [0.15, 0.2) is 5.78 Å². The van der Waals surface area contributed by atoms with Crippen molar-refractivity contribution in [3.8, 4) is 11.6 Å². The second kappa shape index (κ2) is 7.21. The number of carbonyl (C=O) groups is 1. The van der Waals surface area contributed by atoms with Gasteiger partial charge in [0.05, 0.1) is 23.5 Å². The van der Waals surface area contributed by atoms with Gasteiger partial charge in [-0.05, 0) is 24.0 Å². The Morgan fingerprint density at radius 2 is 2.12 bits per heavy atom. The second-order valence-electron chi connectivity index (χ2n) is 6.86. The van der Waals surface area contributed by atoms with Gasteiger partial charge in [-0.2, -0.15) is 4.39 Å². The van der Waals surface area contributed by atoms with Crippen LogP contribution in [-0.4, -0.2) is 15.6 Å². The molecular formula is C17H21ClFN3O2. The minimum Gasteiger partial charge on any atom is -0.435 e. The largest absolute Gasteiger partial charge is 0.435 e. The summed E-state index contributed by atoms with van der Waals surface area (Å²) in [5.74, 6) is -0.544. The molecule has 0 spiro atoms. The number of carbonyl (C=O) groups excluding carboxylic acids is 1. The van der Waals surface area contributed by atoms with Crippen LogP contribution in [0.15, 0.2) is 24.4 Å². The van der Waals surface area contributed by atoms with Crippen LogP contribution in [0, 0.1) is 11.2 Å². The van der Waals surface area contributed by atoms with Crippen molar-refractivity contribution in [2.24, 2.45) is 5.41 Å². The molecule has 2 rings (SSSR count). The number of rotatable bonds is 6. The first-order valence-corrected chi connectivity index (χ1v) is 7.99. The fourth-order valence-corrected chi connectivity index (χ4v) is 2.16. The zero-order chi connectivity index (χ0) is 17.9. The van der Waals surface area contributed by atoms with Crippen LogP contribution >= 0.6 is 11.6 Å². The molecule has 130 valence electrons. The van der Waals surface area contributed by atoms with Crippen molar-refractivity contribution >= 4 is 23.1 Å². The summed E-state index contributed by atoms with van der Waals surface area (Å²) >= 11 is 5.90. The fourth-order valence-electron chi connectivity index (χ4n) is 1.99. The van der Waals surface area contributed by atoms with Crippen molar-refractivity contribution < 1.29 is 13.9 Å². The first-order valence-electron chi connectivity index (χ1n) is 7.61. The molecule has 5 nitrogen and oxygen atoms in total. The van der Waals surface area contributed by atoms with Crippen LogP contribution in [0.5, 0.6) is 11.6 Å². The van der Waals surface area contributed by atoms with Gasteiger partial charge in [0.1, 0.15) is 5.75 Å². The van der Waals surface area contributed by atoms with Crippen molar-refractivity contribution in [3.05, 3.63) is 35.2 Å². The zero-order valence-electron chi connectivity index (χ0n) is 14.0. The lowest BCUT2D eigenvalue weighted by atomic mass is 9.89. The molecule has 0 fully saturated rings. The fraction of sp³-hybridized carbons (Fsp3) is 0.412. The highest BCUT2D eigenvalue weighted by Crippen LogP contribution is 2.28. The van der Waals surface area contributed by atoms with E-state index in [0.717, 1.165) is 12.6 Å². The third-order valence-electron chi connectivity index (χ3n) is 3.36. The summed E-state index contributed by atoms with van der Waals surface area (Å²) < 4.78 is 20.5. The van der Waals surface area contributed by atoms with E-state index < -0.39 is 5.82 Å². The Balaban J connectivity index is 2.01. The highest BCUT2D eigenvalue weighted by Gasteiger charge is 2.16. The van der Waals surface area contributed by atoms with Crippen molar-refractivity contribution in [3.63, 3.8) is 0 Å². The summed E-state index contributed by atoms with van der Waals surface area (Å²) in [6.07, 6.45) is 2.33. The number of hydrogen-bond acceptors (Lipinski definition) is 4. The molecule has 0 bridgehead atoms. The summed E-state index contributed by atoms with van der Waals surface area (Å²) in [5, 5.41) is 4.28. The topological polar surface area (TPSA) is 70.1 Å². The number of nitrogens with zero attached hydrogens (tertiary/aromatic N) is 2. The molecule has 0 unspecified atom stereocenters. The van der Waals surface area contributed by atoms with Gasteiger partial charge in [0.2, 0.25) is 5.82 Å². The SMILES string of the molecule is CC(C)(C)CCC(=O)Cn1cc(F)c(Oc2ccc(N)c(Cl)c2)n1. The quantitative estimate of drug-likeness (QED) is 0.779. The molecule has 1 heterocycles. The van der Waals surface area contributed by atoms with E-state index in [1.807, 2.05) is 0 Å². The first kappa shape index (κ1) is 18.3. The molecule has 2 N–H and O–H groups in total. The van der Waals surface area contributed by atoms with Gasteiger partial charge in [-0.15, -0.1) is 5.10 Å². The third-order valence-corrected chi connectivity index (χ3v) is 3.69.